The molecule has 2 atom stereocenters. The van der Waals surface area contributed by atoms with Gasteiger partial charge in [-0.3, -0.25) is 4.90 Å². The van der Waals surface area contributed by atoms with E-state index in [-0.39, 0.29) is 0 Å². The molecule has 2 unspecified atom stereocenters. The van der Waals surface area contributed by atoms with Crippen LogP contribution in [-0.2, 0) is 6.54 Å². The maximum absolute atomic E-state index is 10.9. The van der Waals surface area contributed by atoms with Crippen molar-refractivity contribution >= 4 is 0 Å². The zero-order valence-electron chi connectivity index (χ0n) is 15.3. The summed E-state index contributed by atoms with van der Waals surface area (Å²) in [4.78, 5) is 6.82. The quantitative estimate of drug-likeness (QED) is 0.864. The number of aliphatic hydroxyl groups is 1. The number of hydrogen-bond acceptors (Lipinski definition) is 3. The molecule has 0 aromatic carbocycles. The van der Waals surface area contributed by atoms with Gasteiger partial charge in [-0.05, 0) is 49.9 Å². The molecule has 4 heteroatoms. The molecule has 1 N–H and O–H groups in total. The summed E-state index contributed by atoms with van der Waals surface area (Å²) in [5.74, 6) is 2.70. The summed E-state index contributed by atoms with van der Waals surface area (Å²) in [7, 11) is 0. The summed E-state index contributed by atoms with van der Waals surface area (Å²) in [5.41, 5.74) is 1.60. The summed E-state index contributed by atoms with van der Waals surface area (Å²) in [6, 6.07) is 0. The number of piperidine rings is 1. The van der Waals surface area contributed by atoms with E-state index in [0.29, 0.717) is 12.0 Å². The van der Waals surface area contributed by atoms with E-state index < -0.39 is 5.60 Å². The second kappa shape index (κ2) is 5.70. The maximum atomic E-state index is 10.9. The highest BCUT2D eigenvalue weighted by Gasteiger charge is 2.51. The summed E-state index contributed by atoms with van der Waals surface area (Å²) in [6.07, 6.45) is 10.7. The van der Waals surface area contributed by atoms with Crippen LogP contribution in [0.1, 0.15) is 45.4 Å². The molecule has 5 rings (SSSR count). The van der Waals surface area contributed by atoms with E-state index in [1.165, 1.54) is 12.8 Å². The van der Waals surface area contributed by atoms with Gasteiger partial charge in [0.15, 0.2) is 0 Å². The van der Waals surface area contributed by atoms with Gasteiger partial charge >= 0.3 is 0 Å². The van der Waals surface area contributed by atoms with Gasteiger partial charge in [-0.2, -0.15) is 0 Å². The Labute approximate surface area is 145 Å². The number of hydrogen-bond donors (Lipinski definition) is 1. The maximum Gasteiger partial charge on any atom is 0.105 e. The van der Waals surface area contributed by atoms with Crippen molar-refractivity contribution < 1.29 is 5.11 Å². The fraction of sp³-hybridized carbons (Fsp3) is 0.750. The minimum atomic E-state index is -0.580. The van der Waals surface area contributed by atoms with Crippen LogP contribution >= 0.6 is 0 Å². The minimum absolute atomic E-state index is 0.513. The van der Waals surface area contributed by atoms with E-state index in [1.54, 1.807) is 5.57 Å². The third kappa shape index (κ3) is 2.74. The normalized spacial score (nSPS) is 31.4. The van der Waals surface area contributed by atoms with Crippen LogP contribution in [0, 0.1) is 24.2 Å². The smallest absolute Gasteiger partial charge is 0.105 e. The van der Waals surface area contributed by atoms with Crippen LogP contribution in [0.2, 0.25) is 0 Å². The van der Waals surface area contributed by atoms with E-state index in [9.17, 15) is 5.11 Å². The van der Waals surface area contributed by atoms with Crippen molar-refractivity contribution in [3.8, 4) is 0 Å². The monoisotopic (exact) mass is 329 g/mol. The Morgan fingerprint density at radius 2 is 2.04 bits per heavy atom. The summed E-state index contributed by atoms with van der Waals surface area (Å²) in [6.45, 7) is 10.7. The van der Waals surface area contributed by atoms with Gasteiger partial charge in [0.25, 0.3) is 0 Å². The number of fused-ring (bicyclic) bond motifs is 1. The first-order chi connectivity index (χ1) is 11.4. The van der Waals surface area contributed by atoms with Gasteiger partial charge in [0.2, 0.25) is 0 Å². The largest absolute Gasteiger partial charge is 0.388 e. The third-order valence-electron chi connectivity index (χ3n) is 7.16. The number of allylic oxidation sites excluding steroid dienone is 1. The lowest BCUT2D eigenvalue weighted by atomic mass is 9.49. The molecule has 132 valence electrons. The molecule has 2 heterocycles. The number of likely N-dealkylation sites (tertiary alicyclic amines) is 1. The predicted molar refractivity (Wildman–Crippen MR) is 95.7 cm³/mol. The standard InChI is InChI=1S/C20H31N3O/c1-15-21-8-11-23(15)14-20(24)6-9-22(10-7-20)13-16-4-5-17-12-18(16)19(17,2)3/h4,8,11,17-18,24H,5-7,9-10,12-14H2,1-3H3. The third-order valence-corrected chi connectivity index (χ3v) is 7.16. The molecule has 24 heavy (non-hydrogen) atoms. The van der Waals surface area contributed by atoms with Gasteiger partial charge in [-0.25, -0.2) is 4.98 Å². The van der Waals surface area contributed by atoms with Gasteiger partial charge in [-0.1, -0.05) is 25.5 Å². The first kappa shape index (κ1) is 16.3. The highest BCUT2D eigenvalue weighted by molar-refractivity contribution is 5.24. The number of rotatable bonds is 4. The molecular weight excluding hydrogens is 298 g/mol. The van der Waals surface area contributed by atoms with Crippen LogP contribution in [0.5, 0.6) is 0 Å². The first-order valence-electron chi connectivity index (χ1n) is 9.49. The average Bonchev–Trinajstić information content (AvgIpc) is 2.94. The number of imidazole rings is 1. The molecule has 3 aliphatic carbocycles. The van der Waals surface area contributed by atoms with Crippen LogP contribution in [0.4, 0.5) is 0 Å². The van der Waals surface area contributed by atoms with Crippen molar-refractivity contribution in [3.63, 3.8) is 0 Å². The second-order valence-electron chi connectivity index (χ2n) is 8.92. The second-order valence-corrected chi connectivity index (χ2v) is 8.92. The minimum Gasteiger partial charge on any atom is -0.388 e. The van der Waals surface area contributed by atoms with Crippen molar-refractivity contribution in [2.75, 3.05) is 19.6 Å². The van der Waals surface area contributed by atoms with E-state index in [2.05, 4.69) is 34.4 Å². The lowest BCUT2D eigenvalue weighted by Crippen LogP contribution is -2.52. The van der Waals surface area contributed by atoms with Gasteiger partial charge in [0.05, 0.1) is 12.1 Å². The van der Waals surface area contributed by atoms with Gasteiger partial charge < -0.3 is 9.67 Å². The molecule has 2 fully saturated rings. The van der Waals surface area contributed by atoms with Gasteiger partial charge in [0, 0.05) is 32.0 Å². The molecule has 1 aliphatic heterocycles. The summed E-state index contributed by atoms with van der Waals surface area (Å²) in [5, 5.41) is 10.9. The Kier molecular flexibility index (Phi) is 3.88. The number of aromatic nitrogens is 2. The Morgan fingerprint density at radius 3 is 2.62 bits per heavy atom. The summed E-state index contributed by atoms with van der Waals surface area (Å²) < 4.78 is 2.08. The van der Waals surface area contributed by atoms with Crippen molar-refractivity contribution in [2.45, 2.75) is 58.6 Å². The molecule has 0 spiro atoms. The number of nitrogens with zero attached hydrogens (tertiary/aromatic N) is 3. The molecular formula is C20H31N3O. The predicted octanol–water partition coefficient (Wildman–Crippen LogP) is 3.01. The SMILES string of the molecule is Cc1nccn1CC1(O)CCN(CC2=CCC3CC2C3(C)C)CC1. The topological polar surface area (TPSA) is 41.3 Å². The van der Waals surface area contributed by atoms with Crippen molar-refractivity contribution in [1.29, 1.82) is 0 Å². The fourth-order valence-corrected chi connectivity index (χ4v) is 5.09. The van der Waals surface area contributed by atoms with Crippen LogP contribution in [0.25, 0.3) is 0 Å². The van der Waals surface area contributed by atoms with Gasteiger partial charge in [0.1, 0.15) is 5.82 Å². The molecule has 1 aromatic rings. The number of aryl methyl sites for hydroxylation is 1. The molecule has 2 bridgehead atoms. The molecule has 0 radical (unpaired) electrons. The van der Waals surface area contributed by atoms with Crippen LogP contribution in [0.15, 0.2) is 24.0 Å². The Bertz CT molecular complexity index is 637. The molecule has 1 aromatic heterocycles. The highest BCUT2D eigenvalue weighted by Crippen LogP contribution is 2.59. The molecule has 4 nitrogen and oxygen atoms in total. The van der Waals surface area contributed by atoms with Crippen molar-refractivity contribution in [3.05, 3.63) is 29.9 Å². The van der Waals surface area contributed by atoms with Crippen molar-refractivity contribution in [2.24, 2.45) is 17.3 Å². The van der Waals surface area contributed by atoms with Crippen LogP contribution in [-0.4, -0.2) is 44.8 Å². The van der Waals surface area contributed by atoms with E-state index in [1.807, 2.05) is 19.3 Å². The Hall–Kier alpha value is -1.13. The summed E-state index contributed by atoms with van der Waals surface area (Å²) >= 11 is 0. The lowest BCUT2D eigenvalue weighted by molar-refractivity contribution is -0.0396. The van der Waals surface area contributed by atoms with E-state index in [4.69, 9.17) is 0 Å². The molecule has 0 amide bonds. The van der Waals surface area contributed by atoms with Crippen molar-refractivity contribution in [1.82, 2.24) is 14.5 Å². The highest BCUT2D eigenvalue weighted by atomic mass is 16.3. The average molecular weight is 329 g/mol. The zero-order chi connectivity index (χ0) is 16.9. The van der Waals surface area contributed by atoms with E-state index >= 15 is 0 Å². The van der Waals surface area contributed by atoms with Crippen LogP contribution in [0.3, 0.4) is 0 Å². The lowest BCUT2D eigenvalue weighted by Gasteiger charge is -2.57. The van der Waals surface area contributed by atoms with Gasteiger partial charge in [-0.15, -0.1) is 0 Å². The van der Waals surface area contributed by atoms with Crippen LogP contribution < -0.4 is 0 Å². The zero-order valence-corrected chi connectivity index (χ0v) is 15.3. The molecule has 1 saturated carbocycles. The van der Waals surface area contributed by atoms with E-state index in [0.717, 1.165) is 50.1 Å². The Balaban J connectivity index is 1.33. The fourth-order valence-electron chi connectivity index (χ4n) is 5.09. The molecule has 4 aliphatic rings. The Morgan fingerprint density at radius 1 is 1.29 bits per heavy atom. The molecule has 1 saturated heterocycles. The first-order valence-corrected chi connectivity index (χ1v) is 9.49.